The monoisotopic (exact) mass is 263 g/mol. The Morgan fingerprint density at radius 2 is 2.14 bits per heavy atom. The van der Waals surface area contributed by atoms with Gasteiger partial charge in [-0.15, -0.1) is 0 Å². The molecule has 0 aromatic rings. The van der Waals surface area contributed by atoms with Gasteiger partial charge in [0.2, 0.25) is 5.91 Å². The van der Waals surface area contributed by atoms with Gasteiger partial charge in [-0.05, 0) is 5.92 Å². The van der Waals surface area contributed by atoms with Crippen LogP contribution in [0.2, 0.25) is 0 Å². The molecule has 1 aliphatic rings. The third-order valence-electron chi connectivity index (χ3n) is 2.43. The lowest BCUT2D eigenvalue weighted by atomic mass is 9.88. The summed E-state index contributed by atoms with van der Waals surface area (Å²) in [4.78, 5) is 11.5. The number of ether oxygens (including phenoxy) is 1. The topological polar surface area (TPSA) is 38.3 Å². The van der Waals surface area contributed by atoms with E-state index in [1.165, 1.54) is 0 Å². The first-order valence-corrected chi connectivity index (χ1v) is 5.86. The second-order valence-corrected chi connectivity index (χ2v) is 5.65. The van der Waals surface area contributed by atoms with Gasteiger partial charge >= 0.3 is 0 Å². The summed E-state index contributed by atoms with van der Waals surface area (Å²) in [6.45, 7) is 8.38. The number of halogens is 1. The number of alkyl halides is 1. The van der Waals surface area contributed by atoms with Crippen LogP contribution in [0.25, 0.3) is 0 Å². The Morgan fingerprint density at radius 1 is 1.57 bits per heavy atom. The zero-order chi connectivity index (χ0) is 10.8. The second kappa shape index (κ2) is 4.62. The molecule has 0 radical (unpaired) electrons. The molecule has 1 aliphatic heterocycles. The van der Waals surface area contributed by atoms with E-state index < -0.39 is 0 Å². The van der Waals surface area contributed by atoms with Crippen LogP contribution >= 0.6 is 15.9 Å². The standard InChI is InChI=1S/C10H18BrNO2/c1-7(2)8(11)9(13)12-4-10(3)5-14-6-10/h7-8H,4-6H2,1-3H3,(H,12,13). The van der Waals surface area contributed by atoms with E-state index in [2.05, 4.69) is 28.2 Å². The van der Waals surface area contributed by atoms with Crippen molar-refractivity contribution in [1.82, 2.24) is 5.32 Å². The Kier molecular flexibility index (Phi) is 3.95. The van der Waals surface area contributed by atoms with Crippen LogP contribution in [0, 0.1) is 11.3 Å². The van der Waals surface area contributed by atoms with Crippen molar-refractivity contribution >= 4 is 21.8 Å². The van der Waals surface area contributed by atoms with Crippen LogP contribution in [-0.2, 0) is 9.53 Å². The molecule has 1 unspecified atom stereocenters. The largest absolute Gasteiger partial charge is 0.380 e. The maximum Gasteiger partial charge on any atom is 0.234 e. The van der Waals surface area contributed by atoms with Gasteiger partial charge in [0.25, 0.3) is 0 Å². The number of carbonyl (C=O) groups is 1. The molecule has 0 aromatic heterocycles. The van der Waals surface area contributed by atoms with Crippen molar-refractivity contribution in [3.05, 3.63) is 0 Å². The molecule has 1 saturated heterocycles. The van der Waals surface area contributed by atoms with Crippen LogP contribution in [0.1, 0.15) is 20.8 Å². The Labute approximate surface area is 93.7 Å². The molecule has 0 bridgehead atoms. The average Bonchev–Trinajstić information content (AvgIpc) is 2.09. The highest BCUT2D eigenvalue weighted by Gasteiger charge is 2.34. The van der Waals surface area contributed by atoms with Gasteiger partial charge in [0, 0.05) is 12.0 Å². The third-order valence-corrected chi connectivity index (χ3v) is 3.90. The van der Waals surface area contributed by atoms with Gasteiger partial charge in [-0.3, -0.25) is 4.79 Å². The van der Waals surface area contributed by atoms with Crippen molar-refractivity contribution in [2.75, 3.05) is 19.8 Å². The van der Waals surface area contributed by atoms with E-state index in [9.17, 15) is 4.79 Å². The third kappa shape index (κ3) is 2.95. The molecule has 1 rings (SSSR count). The molecule has 0 aromatic carbocycles. The van der Waals surface area contributed by atoms with Crippen LogP contribution in [0.3, 0.4) is 0 Å². The van der Waals surface area contributed by atoms with E-state index in [0.717, 1.165) is 13.2 Å². The number of hydrogen-bond acceptors (Lipinski definition) is 2. The lowest BCUT2D eigenvalue weighted by molar-refractivity contribution is -0.126. The molecule has 1 atom stereocenters. The van der Waals surface area contributed by atoms with Gasteiger partial charge in [0.05, 0.1) is 18.0 Å². The highest BCUT2D eigenvalue weighted by atomic mass is 79.9. The van der Waals surface area contributed by atoms with Crippen molar-refractivity contribution in [3.8, 4) is 0 Å². The van der Waals surface area contributed by atoms with E-state index in [-0.39, 0.29) is 16.1 Å². The predicted octanol–water partition coefficient (Wildman–Crippen LogP) is 1.56. The fraction of sp³-hybridized carbons (Fsp3) is 0.900. The van der Waals surface area contributed by atoms with Crippen LogP contribution in [0.4, 0.5) is 0 Å². The molecule has 0 spiro atoms. The lowest BCUT2D eigenvalue weighted by Crippen LogP contribution is -2.50. The summed E-state index contributed by atoms with van der Waals surface area (Å²) in [6, 6.07) is 0. The fourth-order valence-corrected chi connectivity index (χ4v) is 1.42. The van der Waals surface area contributed by atoms with Crippen molar-refractivity contribution in [2.45, 2.75) is 25.6 Å². The summed E-state index contributed by atoms with van der Waals surface area (Å²) < 4.78 is 5.12. The average molecular weight is 264 g/mol. The molecule has 3 nitrogen and oxygen atoms in total. The first-order chi connectivity index (χ1) is 6.44. The van der Waals surface area contributed by atoms with Gasteiger partial charge in [-0.1, -0.05) is 36.7 Å². The van der Waals surface area contributed by atoms with Gasteiger partial charge in [0.15, 0.2) is 0 Å². The van der Waals surface area contributed by atoms with Gasteiger partial charge in [0.1, 0.15) is 0 Å². The molecule has 0 saturated carbocycles. The summed E-state index contributed by atoms with van der Waals surface area (Å²) in [7, 11) is 0. The Bertz CT molecular complexity index is 214. The van der Waals surface area contributed by atoms with Crippen molar-refractivity contribution in [3.63, 3.8) is 0 Å². The van der Waals surface area contributed by atoms with Crippen LogP contribution < -0.4 is 5.32 Å². The quantitative estimate of drug-likeness (QED) is 0.782. The zero-order valence-corrected chi connectivity index (χ0v) is 10.6. The zero-order valence-electron chi connectivity index (χ0n) is 8.97. The molecule has 82 valence electrons. The smallest absolute Gasteiger partial charge is 0.234 e. The molecular weight excluding hydrogens is 246 g/mol. The van der Waals surface area contributed by atoms with Crippen LogP contribution in [0.5, 0.6) is 0 Å². The minimum absolute atomic E-state index is 0.0770. The molecule has 1 heterocycles. The van der Waals surface area contributed by atoms with Crippen LogP contribution in [-0.4, -0.2) is 30.5 Å². The molecular formula is C10H18BrNO2. The number of rotatable bonds is 4. The SMILES string of the molecule is CC(C)C(Br)C(=O)NCC1(C)COC1. The van der Waals surface area contributed by atoms with E-state index in [0.29, 0.717) is 12.5 Å². The number of hydrogen-bond donors (Lipinski definition) is 1. The maximum atomic E-state index is 11.6. The number of amides is 1. The number of nitrogens with one attached hydrogen (secondary N) is 1. The van der Waals surface area contributed by atoms with Crippen molar-refractivity contribution in [1.29, 1.82) is 0 Å². The summed E-state index contributed by atoms with van der Waals surface area (Å²) in [6.07, 6.45) is 0. The summed E-state index contributed by atoms with van der Waals surface area (Å²) in [5.41, 5.74) is 0.152. The van der Waals surface area contributed by atoms with E-state index in [4.69, 9.17) is 4.74 Å². The lowest BCUT2D eigenvalue weighted by Gasteiger charge is -2.38. The summed E-state index contributed by atoms with van der Waals surface area (Å²) >= 11 is 3.37. The second-order valence-electron chi connectivity index (χ2n) is 4.67. The van der Waals surface area contributed by atoms with Crippen molar-refractivity contribution < 1.29 is 9.53 Å². The van der Waals surface area contributed by atoms with Gasteiger partial charge < -0.3 is 10.1 Å². The first-order valence-electron chi connectivity index (χ1n) is 4.94. The van der Waals surface area contributed by atoms with E-state index >= 15 is 0 Å². The summed E-state index contributed by atoms with van der Waals surface area (Å²) in [5, 5.41) is 2.94. The predicted molar refractivity (Wildman–Crippen MR) is 59.5 cm³/mol. The van der Waals surface area contributed by atoms with Crippen molar-refractivity contribution in [2.24, 2.45) is 11.3 Å². The maximum absolute atomic E-state index is 11.6. The molecule has 1 amide bonds. The Hall–Kier alpha value is -0.0900. The summed E-state index contributed by atoms with van der Waals surface area (Å²) in [5.74, 6) is 0.397. The minimum Gasteiger partial charge on any atom is -0.380 e. The highest BCUT2D eigenvalue weighted by Crippen LogP contribution is 2.25. The van der Waals surface area contributed by atoms with Gasteiger partial charge in [-0.25, -0.2) is 0 Å². The molecule has 1 fully saturated rings. The number of carbonyl (C=O) groups excluding carboxylic acids is 1. The Balaban J connectivity index is 2.27. The first kappa shape index (κ1) is 12.0. The van der Waals surface area contributed by atoms with Gasteiger partial charge in [-0.2, -0.15) is 0 Å². The van der Waals surface area contributed by atoms with E-state index in [1.807, 2.05) is 13.8 Å². The molecule has 4 heteroatoms. The Morgan fingerprint density at radius 3 is 2.50 bits per heavy atom. The van der Waals surface area contributed by atoms with E-state index in [1.54, 1.807) is 0 Å². The minimum atomic E-state index is -0.0907. The molecule has 0 aliphatic carbocycles. The normalized spacial score (nSPS) is 21.5. The molecule has 1 N–H and O–H groups in total. The fourth-order valence-electron chi connectivity index (χ4n) is 1.25. The van der Waals surface area contributed by atoms with Crippen LogP contribution in [0.15, 0.2) is 0 Å². The highest BCUT2D eigenvalue weighted by molar-refractivity contribution is 9.10. The molecule has 14 heavy (non-hydrogen) atoms.